The summed E-state index contributed by atoms with van der Waals surface area (Å²) in [6, 6.07) is 4.21. The van der Waals surface area contributed by atoms with Gasteiger partial charge in [-0.25, -0.2) is 0 Å². The van der Waals surface area contributed by atoms with Gasteiger partial charge in [0.2, 0.25) is 0 Å². The fourth-order valence-corrected chi connectivity index (χ4v) is 2.48. The van der Waals surface area contributed by atoms with E-state index in [2.05, 4.69) is 39.3 Å². The highest BCUT2D eigenvalue weighted by molar-refractivity contribution is 5.09. The predicted octanol–water partition coefficient (Wildman–Crippen LogP) is 0.851. The second kappa shape index (κ2) is 8.25. The van der Waals surface area contributed by atoms with Crippen LogP contribution in [-0.2, 0) is 6.42 Å². The van der Waals surface area contributed by atoms with Crippen molar-refractivity contribution >= 4 is 0 Å². The Bertz CT molecular complexity index is 335. The molecule has 2 heterocycles. The van der Waals surface area contributed by atoms with Gasteiger partial charge in [-0.05, 0) is 50.7 Å². The van der Waals surface area contributed by atoms with Crippen LogP contribution in [0.15, 0.2) is 24.5 Å². The molecular formula is C15H26N4. The Morgan fingerprint density at radius 2 is 1.95 bits per heavy atom. The Labute approximate surface area is 116 Å². The van der Waals surface area contributed by atoms with Gasteiger partial charge < -0.3 is 15.1 Å². The summed E-state index contributed by atoms with van der Waals surface area (Å²) in [7, 11) is 2.22. The first kappa shape index (κ1) is 14.4. The topological polar surface area (TPSA) is 31.4 Å². The SMILES string of the molecule is CN(CCCN1CCNCC1)CCc1ccncc1. The number of hydrogen-bond acceptors (Lipinski definition) is 4. The third-order valence-corrected chi connectivity index (χ3v) is 3.76. The highest BCUT2D eigenvalue weighted by Gasteiger charge is 2.08. The lowest BCUT2D eigenvalue weighted by Crippen LogP contribution is -2.44. The molecule has 0 atom stereocenters. The van der Waals surface area contributed by atoms with Crippen molar-refractivity contribution in [3.63, 3.8) is 0 Å². The summed E-state index contributed by atoms with van der Waals surface area (Å²) < 4.78 is 0. The van der Waals surface area contributed by atoms with Gasteiger partial charge in [-0.1, -0.05) is 0 Å². The van der Waals surface area contributed by atoms with Crippen LogP contribution in [0.4, 0.5) is 0 Å². The first-order chi connectivity index (χ1) is 9.34. The molecule has 1 fully saturated rings. The van der Waals surface area contributed by atoms with E-state index < -0.39 is 0 Å². The fourth-order valence-electron chi connectivity index (χ4n) is 2.48. The molecule has 0 unspecified atom stereocenters. The minimum absolute atomic E-state index is 1.12. The van der Waals surface area contributed by atoms with Crippen molar-refractivity contribution in [2.45, 2.75) is 12.8 Å². The molecule has 4 nitrogen and oxygen atoms in total. The molecule has 19 heavy (non-hydrogen) atoms. The normalized spacial score (nSPS) is 16.9. The van der Waals surface area contributed by atoms with Crippen LogP contribution in [0.5, 0.6) is 0 Å². The second-order valence-corrected chi connectivity index (χ2v) is 5.35. The van der Waals surface area contributed by atoms with Crippen molar-refractivity contribution in [2.24, 2.45) is 0 Å². The fraction of sp³-hybridized carbons (Fsp3) is 0.667. The largest absolute Gasteiger partial charge is 0.314 e. The third-order valence-electron chi connectivity index (χ3n) is 3.76. The van der Waals surface area contributed by atoms with Gasteiger partial charge in [-0.15, -0.1) is 0 Å². The summed E-state index contributed by atoms with van der Waals surface area (Å²) in [5.74, 6) is 0. The van der Waals surface area contributed by atoms with Crippen LogP contribution >= 0.6 is 0 Å². The van der Waals surface area contributed by atoms with Gasteiger partial charge in [-0.3, -0.25) is 4.98 Å². The lowest BCUT2D eigenvalue weighted by molar-refractivity contribution is 0.222. The summed E-state index contributed by atoms with van der Waals surface area (Å²) in [6.07, 6.45) is 6.14. The average molecular weight is 262 g/mol. The Balaban J connectivity index is 1.55. The summed E-state index contributed by atoms with van der Waals surface area (Å²) in [6.45, 7) is 8.28. The zero-order valence-corrected chi connectivity index (χ0v) is 12.0. The van der Waals surface area contributed by atoms with Crippen molar-refractivity contribution in [2.75, 3.05) is 52.9 Å². The van der Waals surface area contributed by atoms with Crippen LogP contribution in [0, 0.1) is 0 Å². The quantitative estimate of drug-likeness (QED) is 0.789. The number of pyridine rings is 1. The van der Waals surface area contributed by atoms with E-state index in [0.717, 1.165) is 26.1 Å². The maximum absolute atomic E-state index is 4.05. The molecule has 4 heteroatoms. The molecule has 0 saturated carbocycles. The van der Waals surface area contributed by atoms with E-state index in [4.69, 9.17) is 0 Å². The van der Waals surface area contributed by atoms with E-state index in [9.17, 15) is 0 Å². The zero-order chi connectivity index (χ0) is 13.3. The van der Waals surface area contributed by atoms with Crippen LogP contribution in [0.25, 0.3) is 0 Å². The van der Waals surface area contributed by atoms with Gasteiger partial charge in [0.25, 0.3) is 0 Å². The van der Waals surface area contributed by atoms with Crippen LogP contribution in [0.1, 0.15) is 12.0 Å². The summed E-state index contributed by atoms with van der Waals surface area (Å²) in [5, 5.41) is 3.40. The van der Waals surface area contributed by atoms with Crippen molar-refractivity contribution in [1.82, 2.24) is 20.1 Å². The molecule has 1 aromatic rings. The first-order valence-corrected chi connectivity index (χ1v) is 7.35. The van der Waals surface area contributed by atoms with Crippen molar-refractivity contribution in [3.8, 4) is 0 Å². The second-order valence-electron chi connectivity index (χ2n) is 5.35. The Kier molecular flexibility index (Phi) is 6.27. The average Bonchev–Trinajstić information content (AvgIpc) is 2.47. The molecule has 0 amide bonds. The van der Waals surface area contributed by atoms with Crippen molar-refractivity contribution < 1.29 is 0 Å². The number of nitrogens with one attached hydrogen (secondary N) is 1. The molecule has 0 radical (unpaired) electrons. The molecule has 1 N–H and O–H groups in total. The van der Waals surface area contributed by atoms with E-state index in [1.807, 2.05) is 12.4 Å². The number of aromatic nitrogens is 1. The zero-order valence-electron chi connectivity index (χ0n) is 12.0. The van der Waals surface area contributed by atoms with Gasteiger partial charge in [0.1, 0.15) is 0 Å². The smallest absolute Gasteiger partial charge is 0.0270 e. The molecule has 1 saturated heterocycles. The maximum atomic E-state index is 4.05. The van der Waals surface area contributed by atoms with Gasteiger partial charge in [0.05, 0.1) is 0 Å². The van der Waals surface area contributed by atoms with Crippen molar-refractivity contribution in [3.05, 3.63) is 30.1 Å². The number of hydrogen-bond donors (Lipinski definition) is 1. The van der Waals surface area contributed by atoms with Gasteiger partial charge in [0, 0.05) is 45.1 Å². The Morgan fingerprint density at radius 1 is 1.21 bits per heavy atom. The molecule has 1 aliphatic rings. The van der Waals surface area contributed by atoms with Crippen LogP contribution < -0.4 is 5.32 Å². The third kappa shape index (κ3) is 5.68. The lowest BCUT2D eigenvalue weighted by atomic mass is 10.2. The monoisotopic (exact) mass is 262 g/mol. The molecule has 1 aliphatic heterocycles. The first-order valence-electron chi connectivity index (χ1n) is 7.35. The van der Waals surface area contributed by atoms with Gasteiger partial charge >= 0.3 is 0 Å². The van der Waals surface area contributed by atoms with Gasteiger partial charge in [0.15, 0.2) is 0 Å². The summed E-state index contributed by atoms with van der Waals surface area (Å²) in [4.78, 5) is 9.05. The Hall–Kier alpha value is -0.970. The van der Waals surface area contributed by atoms with Crippen LogP contribution in [0.2, 0.25) is 0 Å². The highest BCUT2D eigenvalue weighted by atomic mass is 15.2. The Morgan fingerprint density at radius 3 is 2.68 bits per heavy atom. The van der Waals surface area contributed by atoms with Crippen molar-refractivity contribution in [1.29, 1.82) is 0 Å². The van der Waals surface area contributed by atoms with E-state index in [1.165, 1.54) is 38.2 Å². The number of piperazine rings is 1. The predicted molar refractivity (Wildman–Crippen MR) is 79.4 cm³/mol. The minimum Gasteiger partial charge on any atom is -0.314 e. The summed E-state index contributed by atoms with van der Waals surface area (Å²) >= 11 is 0. The lowest BCUT2D eigenvalue weighted by Gasteiger charge is -2.27. The minimum atomic E-state index is 1.12. The van der Waals surface area contributed by atoms with E-state index in [1.54, 1.807) is 0 Å². The number of rotatable bonds is 7. The maximum Gasteiger partial charge on any atom is 0.0270 e. The van der Waals surface area contributed by atoms with Crippen LogP contribution in [0.3, 0.4) is 0 Å². The molecule has 106 valence electrons. The molecule has 0 spiro atoms. The summed E-state index contributed by atoms with van der Waals surface area (Å²) in [5.41, 5.74) is 1.38. The molecule has 0 aromatic carbocycles. The molecule has 1 aromatic heterocycles. The van der Waals surface area contributed by atoms with Crippen LogP contribution in [-0.4, -0.2) is 67.6 Å². The highest BCUT2D eigenvalue weighted by Crippen LogP contribution is 2.00. The molecular weight excluding hydrogens is 236 g/mol. The molecule has 0 bridgehead atoms. The van der Waals surface area contributed by atoms with E-state index in [-0.39, 0.29) is 0 Å². The standard InChI is InChI=1S/C15H26N4/c1-18(12-5-15-3-6-16-7-4-15)10-2-11-19-13-8-17-9-14-19/h3-4,6-7,17H,2,5,8-14H2,1H3. The molecule has 2 rings (SSSR count). The van der Waals surface area contributed by atoms with E-state index in [0.29, 0.717) is 0 Å². The van der Waals surface area contributed by atoms with E-state index >= 15 is 0 Å². The van der Waals surface area contributed by atoms with Gasteiger partial charge in [-0.2, -0.15) is 0 Å². The molecule has 0 aliphatic carbocycles. The number of nitrogens with zero attached hydrogens (tertiary/aromatic N) is 3. The number of likely N-dealkylation sites (N-methyl/N-ethyl adjacent to an activating group) is 1.